The molecule has 1 aromatic carbocycles. The van der Waals surface area contributed by atoms with E-state index in [2.05, 4.69) is 0 Å². The lowest BCUT2D eigenvalue weighted by molar-refractivity contribution is 0.140. The predicted octanol–water partition coefficient (Wildman–Crippen LogP) is 1.88. The van der Waals surface area contributed by atoms with E-state index in [0.717, 1.165) is 5.56 Å². The molecule has 1 N–H and O–H groups in total. The van der Waals surface area contributed by atoms with Crippen LogP contribution >= 0.6 is 11.6 Å². The van der Waals surface area contributed by atoms with Gasteiger partial charge in [0, 0.05) is 17.6 Å². The number of hydrogen-bond acceptors (Lipinski definition) is 4. The lowest BCUT2D eigenvalue weighted by Crippen LogP contribution is -2.34. The lowest BCUT2D eigenvalue weighted by atomic mass is 10.1. The maximum Gasteiger partial charge on any atom is 0.151 e. The van der Waals surface area contributed by atoms with Crippen LogP contribution in [0.1, 0.15) is 24.5 Å². The molecule has 2 rings (SSSR count). The van der Waals surface area contributed by atoms with E-state index in [1.807, 2.05) is 24.1 Å². The standard InChI is InChI=1S/C14H20ClNO3S/c1-16(13-6-8-20(18,19)10-13)7-5-14(17)11-3-2-4-12(15)9-11/h2-4,9,13-14,17H,5-8,10H2,1H3. The molecule has 2 unspecified atom stereocenters. The molecule has 1 aliphatic heterocycles. The maximum absolute atomic E-state index is 11.5. The third-order valence-corrected chi connectivity index (χ3v) is 5.81. The zero-order valence-electron chi connectivity index (χ0n) is 11.5. The molecule has 0 aromatic heterocycles. The third kappa shape index (κ3) is 4.19. The molecule has 1 fully saturated rings. The molecule has 0 spiro atoms. The number of aliphatic hydroxyl groups excluding tert-OH is 1. The van der Waals surface area contributed by atoms with E-state index < -0.39 is 15.9 Å². The topological polar surface area (TPSA) is 57.6 Å². The lowest BCUT2D eigenvalue weighted by Gasteiger charge is -2.24. The van der Waals surface area contributed by atoms with Gasteiger partial charge < -0.3 is 10.0 Å². The van der Waals surface area contributed by atoms with E-state index in [-0.39, 0.29) is 17.5 Å². The van der Waals surface area contributed by atoms with Gasteiger partial charge in [-0.15, -0.1) is 0 Å². The number of nitrogens with zero attached hydrogens (tertiary/aromatic N) is 1. The summed E-state index contributed by atoms with van der Waals surface area (Å²) in [5, 5.41) is 10.7. The number of benzene rings is 1. The summed E-state index contributed by atoms with van der Waals surface area (Å²) in [5.74, 6) is 0.510. The van der Waals surface area contributed by atoms with Crippen LogP contribution in [-0.4, -0.2) is 49.6 Å². The summed E-state index contributed by atoms with van der Waals surface area (Å²) < 4.78 is 22.9. The van der Waals surface area contributed by atoms with Gasteiger partial charge in [0.1, 0.15) is 0 Å². The molecule has 0 radical (unpaired) electrons. The zero-order chi connectivity index (χ0) is 14.8. The second kappa shape index (κ2) is 6.43. The van der Waals surface area contributed by atoms with Gasteiger partial charge in [-0.1, -0.05) is 23.7 Å². The molecule has 6 heteroatoms. The first kappa shape index (κ1) is 15.8. The second-order valence-corrected chi connectivity index (χ2v) is 8.06. The Hall–Kier alpha value is -0.620. The highest BCUT2D eigenvalue weighted by atomic mass is 35.5. The Balaban J connectivity index is 1.86. The van der Waals surface area contributed by atoms with Crippen LogP contribution in [0.5, 0.6) is 0 Å². The Kier molecular flexibility index (Phi) is 5.07. The Morgan fingerprint density at radius 1 is 1.50 bits per heavy atom. The fourth-order valence-electron chi connectivity index (χ4n) is 2.51. The van der Waals surface area contributed by atoms with Crippen LogP contribution < -0.4 is 0 Å². The molecule has 0 bridgehead atoms. The van der Waals surface area contributed by atoms with Crippen molar-refractivity contribution >= 4 is 21.4 Å². The highest BCUT2D eigenvalue weighted by molar-refractivity contribution is 7.91. The first-order valence-corrected chi connectivity index (χ1v) is 8.91. The monoisotopic (exact) mass is 317 g/mol. The van der Waals surface area contributed by atoms with Crippen LogP contribution in [-0.2, 0) is 9.84 Å². The fraction of sp³-hybridized carbons (Fsp3) is 0.571. The molecule has 0 amide bonds. The van der Waals surface area contributed by atoms with Crippen molar-refractivity contribution in [3.8, 4) is 0 Å². The number of halogens is 1. The van der Waals surface area contributed by atoms with E-state index in [1.54, 1.807) is 12.1 Å². The van der Waals surface area contributed by atoms with Crippen molar-refractivity contribution in [2.45, 2.75) is 25.0 Å². The summed E-state index contributed by atoms with van der Waals surface area (Å²) in [5.41, 5.74) is 0.796. The minimum atomic E-state index is -2.86. The highest BCUT2D eigenvalue weighted by Crippen LogP contribution is 2.22. The van der Waals surface area contributed by atoms with Gasteiger partial charge in [0.05, 0.1) is 17.6 Å². The molecule has 20 heavy (non-hydrogen) atoms. The predicted molar refractivity (Wildman–Crippen MR) is 80.7 cm³/mol. The van der Waals surface area contributed by atoms with Crippen LogP contribution in [0.3, 0.4) is 0 Å². The molecule has 2 atom stereocenters. The van der Waals surface area contributed by atoms with Gasteiger partial charge in [0.2, 0.25) is 0 Å². The van der Waals surface area contributed by atoms with Gasteiger partial charge in [-0.25, -0.2) is 8.42 Å². The Morgan fingerprint density at radius 3 is 2.85 bits per heavy atom. The van der Waals surface area contributed by atoms with E-state index in [0.29, 0.717) is 24.4 Å². The molecule has 1 saturated heterocycles. The van der Waals surface area contributed by atoms with Gasteiger partial charge in [-0.2, -0.15) is 0 Å². The molecule has 4 nitrogen and oxygen atoms in total. The van der Waals surface area contributed by atoms with Gasteiger partial charge in [0.25, 0.3) is 0 Å². The second-order valence-electron chi connectivity index (χ2n) is 5.40. The van der Waals surface area contributed by atoms with Crippen molar-refractivity contribution in [2.24, 2.45) is 0 Å². The van der Waals surface area contributed by atoms with Gasteiger partial charge in [-0.05, 0) is 37.6 Å². The summed E-state index contributed by atoms with van der Waals surface area (Å²) in [4.78, 5) is 2.03. The van der Waals surface area contributed by atoms with E-state index >= 15 is 0 Å². The molecule has 1 aliphatic rings. The summed E-state index contributed by atoms with van der Waals surface area (Å²) in [6.45, 7) is 0.661. The van der Waals surface area contributed by atoms with Gasteiger partial charge >= 0.3 is 0 Å². The number of hydrogen-bond donors (Lipinski definition) is 1. The van der Waals surface area contributed by atoms with E-state index in [4.69, 9.17) is 11.6 Å². The maximum atomic E-state index is 11.5. The molecule has 112 valence electrons. The molecular weight excluding hydrogens is 298 g/mol. The smallest absolute Gasteiger partial charge is 0.151 e. The first-order chi connectivity index (χ1) is 9.37. The Labute approximate surface area is 125 Å². The minimum absolute atomic E-state index is 0.0755. The first-order valence-electron chi connectivity index (χ1n) is 6.71. The van der Waals surface area contributed by atoms with E-state index in [9.17, 15) is 13.5 Å². The van der Waals surface area contributed by atoms with Crippen molar-refractivity contribution in [1.29, 1.82) is 0 Å². The molecular formula is C14H20ClNO3S. The summed E-state index contributed by atoms with van der Waals surface area (Å²) in [6, 6.07) is 7.26. The molecule has 0 saturated carbocycles. The van der Waals surface area contributed by atoms with E-state index in [1.165, 1.54) is 0 Å². The number of aliphatic hydroxyl groups is 1. The molecule has 1 aromatic rings. The van der Waals surface area contributed by atoms with Crippen molar-refractivity contribution in [2.75, 3.05) is 25.1 Å². The van der Waals surface area contributed by atoms with Crippen molar-refractivity contribution in [1.82, 2.24) is 4.90 Å². The Morgan fingerprint density at radius 2 is 2.25 bits per heavy atom. The number of sulfone groups is 1. The van der Waals surface area contributed by atoms with Crippen molar-refractivity contribution in [3.05, 3.63) is 34.9 Å². The zero-order valence-corrected chi connectivity index (χ0v) is 13.1. The van der Waals surface area contributed by atoms with Crippen LogP contribution in [0.4, 0.5) is 0 Å². The third-order valence-electron chi connectivity index (χ3n) is 3.82. The van der Waals surface area contributed by atoms with Crippen LogP contribution in [0.25, 0.3) is 0 Å². The van der Waals surface area contributed by atoms with Crippen LogP contribution in [0.2, 0.25) is 5.02 Å². The highest BCUT2D eigenvalue weighted by Gasteiger charge is 2.30. The fourth-order valence-corrected chi connectivity index (χ4v) is 4.52. The van der Waals surface area contributed by atoms with Crippen LogP contribution in [0.15, 0.2) is 24.3 Å². The SMILES string of the molecule is CN(CCC(O)c1cccc(Cl)c1)C1CCS(=O)(=O)C1. The normalized spacial score (nSPS) is 23.1. The summed E-state index contributed by atoms with van der Waals surface area (Å²) in [6.07, 6.45) is 0.675. The van der Waals surface area contributed by atoms with Crippen LogP contribution in [0, 0.1) is 0 Å². The van der Waals surface area contributed by atoms with Crippen molar-refractivity contribution < 1.29 is 13.5 Å². The Bertz CT molecular complexity index is 561. The average Bonchev–Trinajstić information content (AvgIpc) is 2.76. The van der Waals surface area contributed by atoms with Gasteiger partial charge in [0.15, 0.2) is 9.84 Å². The molecule has 1 heterocycles. The average molecular weight is 318 g/mol. The summed E-state index contributed by atoms with van der Waals surface area (Å²) in [7, 11) is -0.946. The minimum Gasteiger partial charge on any atom is -0.388 e. The quantitative estimate of drug-likeness (QED) is 0.901. The largest absolute Gasteiger partial charge is 0.388 e. The van der Waals surface area contributed by atoms with Gasteiger partial charge in [-0.3, -0.25) is 0 Å². The summed E-state index contributed by atoms with van der Waals surface area (Å²) >= 11 is 5.90. The number of rotatable bonds is 5. The molecule has 0 aliphatic carbocycles. The van der Waals surface area contributed by atoms with Crippen molar-refractivity contribution in [3.63, 3.8) is 0 Å².